The molecule has 1 aromatic carbocycles. The van der Waals surface area contributed by atoms with Crippen molar-refractivity contribution in [2.75, 3.05) is 5.73 Å². The molecule has 3 nitrogen and oxygen atoms in total. The normalized spacial score (nSPS) is 11.9. The van der Waals surface area contributed by atoms with Crippen molar-refractivity contribution in [3.8, 4) is 11.1 Å². The van der Waals surface area contributed by atoms with Crippen molar-refractivity contribution in [3.63, 3.8) is 0 Å². The van der Waals surface area contributed by atoms with Crippen LogP contribution in [0.1, 0.15) is 30.8 Å². The molecular formula is C15H18F3N3. The second-order valence-electron chi connectivity index (χ2n) is 4.90. The van der Waals surface area contributed by atoms with Gasteiger partial charge >= 0.3 is 6.18 Å². The number of nitrogen functional groups attached to an aromatic ring is 1. The second kappa shape index (κ2) is 5.42. The van der Waals surface area contributed by atoms with E-state index in [9.17, 15) is 13.2 Å². The van der Waals surface area contributed by atoms with Gasteiger partial charge in [0.25, 0.3) is 0 Å². The topological polar surface area (TPSA) is 43.8 Å². The van der Waals surface area contributed by atoms with Gasteiger partial charge in [-0.2, -0.15) is 18.3 Å². The SMILES string of the molecule is CCc1nn(C)c(CC)c1-c1ccc(C(F)(F)F)cc1N. The van der Waals surface area contributed by atoms with Crippen molar-refractivity contribution >= 4 is 5.69 Å². The van der Waals surface area contributed by atoms with Crippen LogP contribution in [0.3, 0.4) is 0 Å². The number of rotatable bonds is 3. The highest BCUT2D eigenvalue weighted by Crippen LogP contribution is 2.37. The Balaban J connectivity index is 2.63. The summed E-state index contributed by atoms with van der Waals surface area (Å²) in [6.07, 6.45) is -2.95. The number of benzene rings is 1. The molecule has 0 amide bonds. The number of aryl methyl sites for hydroxylation is 2. The van der Waals surface area contributed by atoms with Crippen molar-refractivity contribution < 1.29 is 13.2 Å². The maximum atomic E-state index is 12.7. The van der Waals surface area contributed by atoms with Crippen LogP contribution in [0.4, 0.5) is 18.9 Å². The lowest BCUT2D eigenvalue weighted by Gasteiger charge is -2.12. The Bertz CT molecular complexity index is 657. The van der Waals surface area contributed by atoms with Gasteiger partial charge in [0, 0.05) is 29.6 Å². The summed E-state index contributed by atoms with van der Waals surface area (Å²) in [6.45, 7) is 3.95. The minimum atomic E-state index is -4.39. The predicted molar refractivity (Wildman–Crippen MR) is 76.8 cm³/mol. The summed E-state index contributed by atoms with van der Waals surface area (Å²) in [5.41, 5.74) is 8.55. The van der Waals surface area contributed by atoms with E-state index in [4.69, 9.17) is 5.73 Å². The summed E-state index contributed by atoms with van der Waals surface area (Å²) >= 11 is 0. The number of nitrogens with two attached hydrogens (primary N) is 1. The lowest BCUT2D eigenvalue weighted by molar-refractivity contribution is -0.137. The molecule has 1 aromatic heterocycles. The second-order valence-corrected chi connectivity index (χ2v) is 4.90. The van der Waals surface area contributed by atoms with E-state index in [1.165, 1.54) is 6.07 Å². The predicted octanol–water partition coefficient (Wildman–Crippen LogP) is 3.81. The summed E-state index contributed by atoms with van der Waals surface area (Å²) in [5.74, 6) is 0. The molecule has 6 heteroatoms. The van der Waals surface area contributed by atoms with Crippen LogP contribution in [0.5, 0.6) is 0 Å². The minimum Gasteiger partial charge on any atom is -0.398 e. The first kappa shape index (κ1) is 15.4. The fourth-order valence-corrected chi connectivity index (χ4v) is 2.55. The molecule has 0 saturated heterocycles. The Morgan fingerprint density at radius 1 is 1.19 bits per heavy atom. The number of hydrogen-bond acceptors (Lipinski definition) is 2. The van der Waals surface area contributed by atoms with Gasteiger partial charge in [-0.15, -0.1) is 0 Å². The number of anilines is 1. The van der Waals surface area contributed by atoms with Gasteiger partial charge < -0.3 is 5.73 Å². The monoisotopic (exact) mass is 297 g/mol. The van der Waals surface area contributed by atoms with Crippen LogP contribution < -0.4 is 5.73 Å². The van der Waals surface area contributed by atoms with Crippen molar-refractivity contribution in [1.82, 2.24) is 9.78 Å². The first-order valence-electron chi connectivity index (χ1n) is 6.81. The van der Waals surface area contributed by atoms with Crippen LogP contribution in [-0.4, -0.2) is 9.78 Å². The molecule has 0 fully saturated rings. The zero-order chi connectivity index (χ0) is 15.8. The van der Waals surface area contributed by atoms with Crippen molar-refractivity contribution in [3.05, 3.63) is 35.2 Å². The minimum absolute atomic E-state index is 0.127. The summed E-state index contributed by atoms with van der Waals surface area (Å²) in [4.78, 5) is 0. The van der Waals surface area contributed by atoms with Crippen molar-refractivity contribution in [1.29, 1.82) is 0 Å². The first-order valence-corrected chi connectivity index (χ1v) is 6.81. The number of nitrogens with zero attached hydrogens (tertiary/aromatic N) is 2. The van der Waals surface area contributed by atoms with Gasteiger partial charge in [0.1, 0.15) is 0 Å². The standard InChI is InChI=1S/C15H18F3N3/c1-4-12-14(13(5-2)21(3)20-12)10-7-6-9(8-11(10)19)15(16,17)18/h6-8H,4-5,19H2,1-3H3. The molecule has 2 N–H and O–H groups in total. The van der Waals surface area contributed by atoms with Gasteiger partial charge in [0.15, 0.2) is 0 Å². The third kappa shape index (κ3) is 2.75. The Morgan fingerprint density at radius 3 is 2.33 bits per heavy atom. The van der Waals surface area contributed by atoms with Crippen LogP contribution >= 0.6 is 0 Å². The molecule has 114 valence electrons. The fraction of sp³-hybridized carbons (Fsp3) is 0.400. The Kier molecular flexibility index (Phi) is 3.98. The van der Waals surface area contributed by atoms with E-state index in [1.54, 1.807) is 4.68 Å². The summed E-state index contributed by atoms with van der Waals surface area (Å²) < 4.78 is 39.9. The first-order chi connectivity index (χ1) is 9.79. The zero-order valence-corrected chi connectivity index (χ0v) is 12.3. The molecule has 0 radical (unpaired) electrons. The van der Waals surface area contributed by atoms with Crippen LogP contribution in [0.2, 0.25) is 0 Å². The van der Waals surface area contributed by atoms with Gasteiger partial charge in [0.2, 0.25) is 0 Å². The maximum absolute atomic E-state index is 12.7. The molecule has 0 aliphatic carbocycles. The van der Waals surface area contributed by atoms with Gasteiger partial charge in [-0.1, -0.05) is 19.9 Å². The number of hydrogen-bond donors (Lipinski definition) is 1. The van der Waals surface area contributed by atoms with Crippen LogP contribution in [-0.2, 0) is 26.1 Å². The maximum Gasteiger partial charge on any atom is 0.416 e. The molecule has 0 atom stereocenters. The van der Waals surface area contributed by atoms with Crippen LogP contribution in [0.15, 0.2) is 18.2 Å². The number of aromatic nitrogens is 2. The summed E-state index contributed by atoms with van der Waals surface area (Å²) in [5, 5.41) is 4.43. The molecule has 0 aliphatic heterocycles. The molecule has 0 saturated carbocycles. The Hall–Kier alpha value is -1.98. The van der Waals surface area contributed by atoms with Crippen LogP contribution in [0.25, 0.3) is 11.1 Å². The van der Waals surface area contributed by atoms with Gasteiger partial charge in [-0.3, -0.25) is 4.68 Å². The molecule has 2 aromatic rings. The smallest absolute Gasteiger partial charge is 0.398 e. The zero-order valence-electron chi connectivity index (χ0n) is 12.3. The number of alkyl halides is 3. The van der Waals surface area contributed by atoms with E-state index in [0.717, 1.165) is 35.5 Å². The van der Waals surface area contributed by atoms with E-state index in [-0.39, 0.29) is 5.69 Å². The van der Waals surface area contributed by atoms with E-state index >= 15 is 0 Å². The molecular weight excluding hydrogens is 279 g/mol. The van der Waals surface area contributed by atoms with E-state index < -0.39 is 11.7 Å². The lowest BCUT2D eigenvalue weighted by Crippen LogP contribution is -2.06. The van der Waals surface area contributed by atoms with E-state index in [2.05, 4.69) is 5.10 Å². The highest BCUT2D eigenvalue weighted by molar-refractivity contribution is 5.80. The summed E-state index contributed by atoms with van der Waals surface area (Å²) in [6, 6.07) is 3.49. The fourth-order valence-electron chi connectivity index (χ4n) is 2.55. The van der Waals surface area contributed by atoms with Crippen molar-refractivity contribution in [2.24, 2.45) is 7.05 Å². The Morgan fingerprint density at radius 2 is 1.86 bits per heavy atom. The average Bonchev–Trinajstić information content (AvgIpc) is 2.73. The molecule has 0 aliphatic rings. The average molecular weight is 297 g/mol. The molecule has 0 unspecified atom stereocenters. The summed E-state index contributed by atoms with van der Waals surface area (Å²) in [7, 11) is 1.84. The van der Waals surface area contributed by atoms with E-state index in [1.807, 2.05) is 20.9 Å². The molecule has 21 heavy (non-hydrogen) atoms. The van der Waals surface area contributed by atoms with Gasteiger partial charge in [-0.25, -0.2) is 0 Å². The lowest BCUT2D eigenvalue weighted by atomic mass is 9.97. The molecule has 0 spiro atoms. The van der Waals surface area contributed by atoms with E-state index in [0.29, 0.717) is 12.0 Å². The molecule has 2 rings (SSSR count). The largest absolute Gasteiger partial charge is 0.416 e. The van der Waals surface area contributed by atoms with Gasteiger partial charge in [-0.05, 0) is 25.0 Å². The molecule has 0 bridgehead atoms. The highest BCUT2D eigenvalue weighted by Gasteiger charge is 2.31. The third-order valence-electron chi connectivity index (χ3n) is 3.56. The van der Waals surface area contributed by atoms with Crippen molar-refractivity contribution in [2.45, 2.75) is 32.9 Å². The highest BCUT2D eigenvalue weighted by atomic mass is 19.4. The van der Waals surface area contributed by atoms with Gasteiger partial charge in [0.05, 0.1) is 11.3 Å². The Labute approximate surface area is 121 Å². The number of halogens is 3. The third-order valence-corrected chi connectivity index (χ3v) is 3.56. The van der Waals surface area contributed by atoms with Crippen LogP contribution in [0, 0.1) is 0 Å². The quantitative estimate of drug-likeness (QED) is 0.875. The molecule has 1 heterocycles.